The number of aliphatic hydroxyl groups excluding tert-OH is 1. The largest absolute Gasteiger partial charge is 0.503 e. The molecular weight excluding hydrogens is 380 g/mol. The topological polar surface area (TPSA) is 69.6 Å². The lowest BCUT2D eigenvalue weighted by Gasteiger charge is -2.19. The van der Waals surface area contributed by atoms with E-state index in [-0.39, 0.29) is 18.2 Å². The normalized spacial score (nSPS) is 15.6. The fourth-order valence-electron chi connectivity index (χ4n) is 3.39. The molecule has 1 aliphatic heterocycles. The van der Waals surface area contributed by atoms with Gasteiger partial charge in [0.15, 0.2) is 5.76 Å². The first-order valence-corrected chi connectivity index (χ1v) is 13.3. The van der Waals surface area contributed by atoms with E-state index >= 15 is 0 Å². The van der Waals surface area contributed by atoms with Crippen molar-refractivity contribution in [2.45, 2.75) is 32.6 Å². The Balaban J connectivity index is 1.81. The zero-order valence-electron chi connectivity index (χ0n) is 17.6. The molecule has 0 radical (unpaired) electrons. The van der Waals surface area contributed by atoms with E-state index in [4.69, 9.17) is 0 Å². The highest BCUT2D eigenvalue weighted by Crippen LogP contribution is 2.24. The van der Waals surface area contributed by atoms with Crippen molar-refractivity contribution in [3.63, 3.8) is 0 Å². The van der Waals surface area contributed by atoms with Gasteiger partial charge in [0, 0.05) is 7.05 Å². The molecule has 0 saturated carbocycles. The molecule has 6 heteroatoms. The van der Waals surface area contributed by atoms with Gasteiger partial charge in [0.2, 0.25) is 0 Å². The van der Waals surface area contributed by atoms with Gasteiger partial charge in [-0.3, -0.25) is 9.59 Å². The van der Waals surface area contributed by atoms with Gasteiger partial charge in [-0.15, -0.1) is 0 Å². The van der Waals surface area contributed by atoms with Crippen LogP contribution < -0.4 is 10.5 Å². The minimum absolute atomic E-state index is 0.114. The number of hydrogen-bond acceptors (Lipinski definition) is 3. The molecule has 3 rings (SSSR count). The first-order chi connectivity index (χ1) is 13.6. The number of nitrogens with zero attached hydrogens (tertiary/aromatic N) is 1. The van der Waals surface area contributed by atoms with Gasteiger partial charge in [0.1, 0.15) is 0 Å². The second-order valence-electron chi connectivity index (χ2n) is 8.64. The number of benzene rings is 2. The zero-order valence-corrected chi connectivity index (χ0v) is 18.6. The third-order valence-electron chi connectivity index (χ3n) is 5.30. The number of amides is 2. The summed E-state index contributed by atoms with van der Waals surface area (Å²) in [6, 6.07) is 16.5. The van der Waals surface area contributed by atoms with Crippen molar-refractivity contribution in [1.82, 2.24) is 10.2 Å². The minimum Gasteiger partial charge on any atom is -0.503 e. The van der Waals surface area contributed by atoms with Crippen molar-refractivity contribution in [1.29, 1.82) is 0 Å². The molecule has 5 nitrogen and oxygen atoms in total. The summed E-state index contributed by atoms with van der Waals surface area (Å²) >= 11 is 0. The van der Waals surface area contributed by atoms with Crippen LogP contribution >= 0.6 is 0 Å². The van der Waals surface area contributed by atoms with Crippen LogP contribution in [0.25, 0.3) is 11.1 Å². The smallest absolute Gasteiger partial charge is 0.289 e. The van der Waals surface area contributed by atoms with Crippen molar-refractivity contribution >= 4 is 25.1 Å². The predicted molar refractivity (Wildman–Crippen MR) is 119 cm³/mol. The minimum atomic E-state index is -1.41. The van der Waals surface area contributed by atoms with Crippen molar-refractivity contribution in [2.24, 2.45) is 0 Å². The maximum absolute atomic E-state index is 12.5. The number of carbonyl (C=O) groups is 2. The van der Waals surface area contributed by atoms with Crippen LogP contribution in [0, 0.1) is 0 Å². The number of hydrogen-bond donors (Lipinski definition) is 2. The van der Waals surface area contributed by atoms with Crippen molar-refractivity contribution in [3.05, 3.63) is 65.4 Å². The average molecular weight is 409 g/mol. The first kappa shape index (κ1) is 20.9. The Morgan fingerprint density at radius 2 is 1.72 bits per heavy atom. The Kier molecular flexibility index (Phi) is 5.66. The molecule has 0 unspecified atom stereocenters. The van der Waals surface area contributed by atoms with E-state index in [1.165, 1.54) is 10.1 Å². The Morgan fingerprint density at radius 1 is 1.10 bits per heavy atom. The number of nitrogens with one attached hydrogen (secondary N) is 1. The molecule has 152 valence electrons. The summed E-state index contributed by atoms with van der Waals surface area (Å²) in [4.78, 5) is 25.6. The van der Waals surface area contributed by atoms with Crippen LogP contribution in [0.3, 0.4) is 0 Å². The summed E-state index contributed by atoms with van der Waals surface area (Å²) in [6.45, 7) is 9.00. The molecule has 0 fully saturated rings. The Bertz CT molecular complexity index is 992. The number of rotatable bonds is 5. The molecule has 29 heavy (non-hydrogen) atoms. The summed E-state index contributed by atoms with van der Waals surface area (Å²) in [6.07, 6.45) is 0. The van der Waals surface area contributed by atoms with Gasteiger partial charge in [-0.25, -0.2) is 0 Å². The van der Waals surface area contributed by atoms with E-state index in [0.717, 1.165) is 16.7 Å². The first-order valence-electron chi connectivity index (χ1n) is 9.77. The van der Waals surface area contributed by atoms with E-state index in [0.29, 0.717) is 0 Å². The van der Waals surface area contributed by atoms with E-state index in [9.17, 15) is 14.7 Å². The Morgan fingerprint density at radius 3 is 2.31 bits per heavy atom. The van der Waals surface area contributed by atoms with Crippen LogP contribution in [0.15, 0.2) is 59.9 Å². The van der Waals surface area contributed by atoms with E-state index < -0.39 is 25.6 Å². The number of likely N-dealkylation sites (N-methyl/N-ethyl adjacent to an activating group) is 1. The third-order valence-corrected chi connectivity index (χ3v) is 7.34. The van der Waals surface area contributed by atoms with Gasteiger partial charge in [-0.2, -0.15) is 0 Å². The fraction of sp³-hybridized carbons (Fsp3) is 0.304. The lowest BCUT2D eigenvalue weighted by atomic mass is 10.00. The van der Waals surface area contributed by atoms with Crippen molar-refractivity contribution in [3.8, 4) is 11.1 Å². The molecule has 2 N–H and O–H groups in total. The molecule has 1 heterocycles. The lowest BCUT2D eigenvalue weighted by molar-refractivity contribution is -0.126. The summed E-state index contributed by atoms with van der Waals surface area (Å²) < 4.78 is 0. The standard InChI is InChI=1S/C23H28N2O3Si/c1-15(24-22(27)20-14-25(2)23(28)21(20)26)16-8-6-9-17(12-16)18-10-7-11-19(13-18)29(3,4)5/h6-13,15,26H,14H2,1-5H3,(H,24,27)/t15-/m1/s1. The number of carbonyl (C=O) groups excluding carboxylic acids is 2. The highest BCUT2D eigenvalue weighted by atomic mass is 28.3. The second kappa shape index (κ2) is 7.87. The third kappa shape index (κ3) is 4.43. The van der Waals surface area contributed by atoms with Crippen LogP contribution in [0.4, 0.5) is 0 Å². The molecule has 0 aliphatic carbocycles. The van der Waals surface area contributed by atoms with Gasteiger partial charge in [-0.05, 0) is 29.7 Å². The highest BCUT2D eigenvalue weighted by molar-refractivity contribution is 6.88. The van der Waals surface area contributed by atoms with Crippen LogP contribution in [-0.2, 0) is 9.59 Å². The van der Waals surface area contributed by atoms with Gasteiger partial charge in [0.05, 0.1) is 26.2 Å². The highest BCUT2D eigenvalue weighted by Gasteiger charge is 2.32. The predicted octanol–water partition coefficient (Wildman–Crippen LogP) is 3.36. The molecular formula is C23H28N2O3Si. The van der Waals surface area contributed by atoms with E-state index in [2.05, 4.69) is 61.4 Å². The molecule has 2 amide bonds. The van der Waals surface area contributed by atoms with Gasteiger partial charge >= 0.3 is 0 Å². The van der Waals surface area contributed by atoms with Crippen molar-refractivity contribution in [2.75, 3.05) is 13.6 Å². The van der Waals surface area contributed by atoms with Crippen LogP contribution in [0.1, 0.15) is 18.5 Å². The van der Waals surface area contributed by atoms with Crippen LogP contribution in [0.2, 0.25) is 19.6 Å². The molecule has 2 aromatic rings. The van der Waals surface area contributed by atoms with Gasteiger partial charge < -0.3 is 15.3 Å². The molecule has 0 aromatic heterocycles. The average Bonchev–Trinajstić information content (AvgIpc) is 2.95. The van der Waals surface area contributed by atoms with Gasteiger partial charge in [-0.1, -0.05) is 67.3 Å². The van der Waals surface area contributed by atoms with Crippen LogP contribution in [0.5, 0.6) is 0 Å². The quantitative estimate of drug-likeness (QED) is 0.746. The maximum Gasteiger partial charge on any atom is 0.289 e. The summed E-state index contributed by atoms with van der Waals surface area (Å²) in [7, 11) is 0.151. The molecule has 0 saturated heterocycles. The summed E-state index contributed by atoms with van der Waals surface area (Å²) in [5.41, 5.74) is 3.34. The fourth-order valence-corrected chi connectivity index (χ4v) is 4.58. The molecule has 0 bridgehead atoms. The monoisotopic (exact) mass is 408 g/mol. The summed E-state index contributed by atoms with van der Waals surface area (Å²) in [5.74, 6) is -1.40. The number of aliphatic hydroxyl groups is 1. The van der Waals surface area contributed by atoms with Crippen molar-refractivity contribution < 1.29 is 14.7 Å². The Hall–Kier alpha value is -2.86. The Labute approximate surface area is 173 Å². The van der Waals surface area contributed by atoms with E-state index in [1.54, 1.807) is 7.05 Å². The molecule has 1 aliphatic rings. The molecule has 0 spiro atoms. The molecule has 2 aromatic carbocycles. The second-order valence-corrected chi connectivity index (χ2v) is 13.7. The van der Waals surface area contributed by atoms with Crippen LogP contribution in [-0.4, -0.2) is 43.5 Å². The summed E-state index contributed by atoms with van der Waals surface area (Å²) in [5, 5.41) is 14.2. The maximum atomic E-state index is 12.5. The zero-order chi connectivity index (χ0) is 21.3. The molecule has 1 atom stereocenters. The van der Waals surface area contributed by atoms with E-state index in [1.807, 2.05) is 19.1 Å². The van der Waals surface area contributed by atoms with Gasteiger partial charge in [0.25, 0.3) is 11.8 Å². The SMILES string of the molecule is C[C@@H](NC(=O)C1=C(O)C(=O)N(C)C1)c1cccc(-c2cccc([Si](C)(C)C)c2)c1. The lowest BCUT2D eigenvalue weighted by Crippen LogP contribution is -2.37.